The van der Waals surface area contributed by atoms with Crippen molar-refractivity contribution in [3.8, 4) is 5.75 Å². The molecule has 2 aromatic rings. The van der Waals surface area contributed by atoms with Crippen LogP contribution in [0.15, 0.2) is 48.5 Å². The minimum atomic E-state index is -4.75. The number of hydrogen-bond donors (Lipinski definition) is 1. The quantitative estimate of drug-likeness (QED) is 0.791. The molecule has 1 amide bonds. The van der Waals surface area contributed by atoms with Gasteiger partial charge in [-0.2, -0.15) is 0 Å². The molecule has 0 aliphatic heterocycles. The molecule has 2 aromatic carbocycles. The van der Waals surface area contributed by atoms with E-state index in [1.54, 1.807) is 25.2 Å². The molecule has 0 aliphatic carbocycles. The summed E-state index contributed by atoms with van der Waals surface area (Å²) in [5, 5.41) is 9.15. The van der Waals surface area contributed by atoms with Gasteiger partial charge in [-0.25, -0.2) is 4.79 Å². The van der Waals surface area contributed by atoms with E-state index >= 15 is 0 Å². The lowest BCUT2D eigenvalue weighted by atomic mass is 10.0. The molecule has 0 unspecified atom stereocenters. The molecule has 0 radical (unpaired) electrons. The maximum absolute atomic E-state index is 12.3. The zero-order valence-electron chi connectivity index (χ0n) is 14.5. The standard InChI is InChI=1S/C19H18F3NO4/c1-23(12-13-6-9-15(10-7-13)27-19(20,21)22)17(24)11-8-14-4-2-3-5-16(14)18(25)26/h2-7,9-10H,8,11-12H2,1H3,(H,25,26). The topological polar surface area (TPSA) is 66.8 Å². The summed E-state index contributed by atoms with van der Waals surface area (Å²) in [7, 11) is 1.57. The van der Waals surface area contributed by atoms with Crippen molar-refractivity contribution < 1.29 is 32.6 Å². The van der Waals surface area contributed by atoms with E-state index in [-0.39, 0.29) is 36.6 Å². The third kappa shape index (κ3) is 6.32. The number of carbonyl (C=O) groups is 2. The number of benzene rings is 2. The number of carbonyl (C=O) groups excluding carboxylic acids is 1. The molecular formula is C19H18F3NO4. The van der Waals surface area contributed by atoms with Crippen molar-refractivity contribution in [2.24, 2.45) is 0 Å². The third-order valence-corrected chi connectivity index (χ3v) is 3.86. The second-order valence-corrected chi connectivity index (χ2v) is 5.90. The first-order chi connectivity index (χ1) is 12.7. The largest absolute Gasteiger partial charge is 0.573 e. The summed E-state index contributed by atoms with van der Waals surface area (Å²) in [5.74, 6) is -1.58. The molecule has 2 rings (SSSR count). The fourth-order valence-electron chi connectivity index (χ4n) is 2.54. The molecule has 0 spiro atoms. The highest BCUT2D eigenvalue weighted by Gasteiger charge is 2.30. The molecule has 0 fully saturated rings. The van der Waals surface area contributed by atoms with Crippen molar-refractivity contribution in [3.05, 3.63) is 65.2 Å². The lowest BCUT2D eigenvalue weighted by Gasteiger charge is -2.18. The van der Waals surface area contributed by atoms with Crippen molar-refractivity contribution >= 4 is 11.9 Å². The molecule has 0 aliphatic rings. The molecule has 0 bridgehead atoms. The number of hydrogen-bond acceptors (Lipinski definition) is 3. The van der Waals surface area contributed by atoms with E-state index in [4.69, 9.17) is 5.11 Å². The van der Waals surface area contributed by atoms with Crippen LogP contribution in [0.25, 0.3) is 0 Å². The van der Waals surface area contributed by atoms with E-state index in [1.165, 1.54) is 35.2 Å². The first kappa shape index (κ1) is 20.3. The first-order valence-corrected chi connectivity index (χ1v) is 8.05. The average molecular weight is 381 g/mol. The van der Waals surface area contributed by atoms with Gasteiger partial charge in [0.1, 0.15) is 5.75 Å². The van der Waals surface area contributed by atoms with Gasteiger partial charge >= 0.3 is 12.3 Å². The SMILES string of the molecule is CN(Cc1ccc(OC(F)(F)F)cc1)C(=O)CCc1ccccc1C(=O)O. The highest BCUT2D eigenvalue weighted by Crippen LogP contribution is 2.23. The summed E-state index contributed by atoms with van der Waals surface area (Å²) in [6.07, 6.45) is -4.35. The number of halogens is 3. The maximum Gasteiger partial charge on any atom is 0.573 e. The summed E-state index contributed by atoms with van der Waals surface area (Å²) in [4.78, 5) is 24.9. The van der Waals surface area contributed by atoms with Crippen LogP contribution in [0.2, 0.25) is 0 Å². The number of aromatic carboxylic acids is 1. The molecule has 5 nitrogen and oxygen atoms in total. The van der Waals surface area contributed by atoms with Gasteiger partial charge < -0.3 is 14.7 Å². The molecule has 0 atom stereocenters. The number of aryl methyl sites for hydroxylation is 1. The number of alkyl halides is 3. The van der Waals surface area contributed by atoms with Crippen LogP contribution < -0.4 is 4.74 Å². The first-order valence-electron chi connectivity index (χ1n) is 8.05. The van der Waals surface area contributed by atoms with Gasteiger partial charge in [0.05, 0.1) is 5.56 Å². The van der Waals surface area contributed by atoms with Crippen LogP contribution in [0.1, 0.15) is 27.9 Å². The highest BCUT2D eigenvalue weighted by molar-refractivity contribution is 5.89. The fraction of sp³-hybridized carbons (Fsp3) is 0.263. The Morgan fingerprint density at radius 1 is 1.07 bits per heavy atom. The highest BCUT2D eigenvalue weighted by atomic mass is 19.4. The Kier molecular flexibility index (Phi) is 6.44. The molecule has 0 saturated carbocycles. The predicted octanol–water partition coefficient (Wildman–Crippen LogP) is 3.87. The zero-order valence-corrected chi connectivity index (χ0v) is 14.5. The lowest BCUT2D eigenvalue weighted by Crippen LogP contribution is -2.26. The summed E-state index contributed by atoms with van der Waals surface area (Å²) >= 11 is 0. The van der Waals surface area contributed by atoms with Crippen molar-refractivity contribution in [1.29, 1.82) is 0 Å². The fourth-order valence-corrected chi connectivity index (χ4v) is 2.54. The molecule has 0 aromatic heterocycles. The van der Waals surface area contributed by atoms with Gasteiger partial charge in [0.25, 0.3) is 0 Å². The number of amides is 1. The van der Waals surface area contributed by atoms with Crippen LogP contribution in [0.5, 0.6) is 5.75 Å². The van der Waals surface area contributed by atoms with Crippen LogP contribution in [0, 0.1) is 0 Å². The lowest BCUT2D eigenvalue weighted by molar-refractivity contribution is -0.274. The Morgan fingerprint density at radius 2 is 1.70 bits per heavy atom. The van der Waals surface area contributed by atoms with E-state index in [9.17, 15) is 22.8 Å². The Bertz CT molecular complexity index is 803. The molecular weight excluding hydrogens is 363 g/mol. The second-order valence-electron chi connectivity index (χ2n) is 5.90. The van der Waals surface area contributed by atoms with Crippen molar-refractivity contribution in [1.82, 2.24) is 4.90 Å². The Balaban J connectivity index is 1.91. The molecule has 27 heavy (non-hydrogen) atoms. The van der Waals surface area contributed by atoms with Gasteiger partial charge in [-0.05, 0) is 35.7 Å². The predicted molar refractivity (Wildman–Crippen MR) is 91.3 cm³/mol. The van der Waals surface area contributed by atoms with E-state index in [0.29, 0.717) is 11.1 Å². The average Bonchev–Trinajstić information content (AvgIpc) is 2.60. The van der Waals surface area contributed by atoms with E-state index in [1.807, 2.05) is 0 Å². The molecule has 1 N–H and O–H groups in total. The van der Waals surface area contributed by atoms with E-state index in [2.05, 4.69) is 4.74 Å². The Hall–Kier alpha value is -3.03. The van der Waals surface area contributed by atoms with Gasteiger partial charge in [0, 0.05) is 20.0 Å². The van der Waals surface area contributed by atoms with Crippen LogP contribution in [0.3, 0.4) is 0 Å². The van der Waals surface area contributed by atoms with E-state index in [0.717, 1.165) is 0 Å². The zero-order chi connectivity index (χ0) is 20.0. The van der Waals surface area contributed by atoms with Crippen molar-refractivity contribution in [2.75, 3.05) is 7.05 Å². The van der Waals surface area contributed by atoms with Crippen molar-refractivity contribution in [3.63, 3.8) is 0 Å². The smallest absolute Gasteiger partial charge is 0.478 e. The van der Waals surface area contributed by atoms with Gasteiger partial charge in [0.2, 0.25) is 5.91 Å². The van der Waals surface area contributed by atoms with Crippen LogP contribution in [-0.2, 0) is 17.8 Å². The number of rotatable bonds is 7. The van der Waals surface area contributed by atoms with Crippen LogP contribution >= 0.6 is 0 Å². The molecule has 144 valence electrons. The number of ether oxygens (including phenoxy) is 1. The normalized spacial score (nSPS) is 11.1. The maximum atomic E-state index is 12.3. The summed E-state index contributed by atoms with van der Waals surface area (Å²) in [5.41, 5.74) is 1.37. The monoisotopic (exact) mass is 381 g/mol. The molecule has 8 heteroatoms. The molecule has 0 saturated heterocycles. The van der Waals surface area contributed by atoms with Crippen molar-refractivity contribution in [2.45, 2.75) is 25.7 Å². The number of carboxylic acids is 1. The van der Waals surface area contributed by atoms with Gasteiger partial charge in [-0.1, -0.05) is 30.3 Å². The Morgan fingerprint density at radius 3 is 2.30 bits per heavy atom. The summed E-state index contributed by atoms with van der Waals surface area (Å²) in [6, 6.07) is 11.7. The van der Waals surface area contributed by atoms with Gasteiger partial charge in [-0.15, -0.1) is 13.2 Å². The minimum Gasteiger partial charge on any atom is -0.478 e. The Labute approximate surface area is 154 Å². The number of carboxylic acid groups (broad SMARTS) is 1. The molecule has 0 heterocycles. The number of nitrogens with zero attached hydrogens (tertiary/aromatic N) is 1. The summed E-state index contributed by atoms with van der Waals surface area (Å²) in [6.45, 7) is 0.214. The van der Waals surface area contributed by atoms with Crippen LogP contribution in [-0.4, -0.2) is 35.3 Å². The second kappa shape index (κ2) is 8.57. The van der Waals surface area contributed by atoms with Gasteiger partial charge in [-0.3, -0.25) is 4.79 Å². The minimum absolute atomic E-state index is 0.121. The summed E-state index contributed by atoms with van der Waals surface area (Å²) < 4.78 is 40.2. The van der Waals surface area contributed by atoms with Crippen LogP contribution in [0.4, 0.5) is 13.2 Å². The third-order valence-electron chi connectivity index (χ3n) is 3.86. The van der Waals surface area contributed by atoms with E-state index < -0.39 is 12.3 Å². The van der Waals surface area contributed by atoms with Gasteiger partial charge in [0.15, 0.2) is 0 Å².